The number of anilines is 1. The van der Waals surface area contributed by atoms with E-state index in [0.717, 1.165) is 16.1 Å². The topological polar surface area (TPSA) is 97.5 Å². The number of benzene rings is 3. The summed E-state index contributed by atoms with van der Waals surface area (Å²) in [4.78, 5) is 7.37. The predicted octanol–water partition coefficient (Wildman–Crippen LogP) is 4.82. The largest absolute Gasteiger partial charge is 0.487 e. The van der Waals surface area contributed by atoms with E-state index >= 15 is 0 Å². The van der Waals surface area contributed by atoms with Gasteiger partial charge < -0.3 is 30.3 Å². The molecule has 0 aromatic heterocycles. The molecule has 0 spiro atoms. The summed E-state index contributed by atoms with van der Waals surface area (Å²) in [5, 5.41) is 35.9. The molecule has 202 valence electrons. The highest BCUT2D eigenvalue weighted by atomic mass is 35.5. The van der Waals surface area contributed by atoms with Crippen LogP contribution < -0.4 is 10.1 Å². The molecule has 0 radical (unpaired) electrons. The summed E-state index contributed by atoms with van der Waals surface area (Å²) in [6, 6.07) is 21.3. The van der Waals surface area contributed by atoms with Gasteiger partial charge in [0.2, 0.25) is 0 Å². The Labute approximate surface area is 233 Å². The lowest BCUT2D eigenvalue weighted by atomic mass is 10.1. The lowest BCUT2D eigenvalue weighted by Crippen LogP contribution is -2.36. The molecule has 2 heterocycles. The number of hydrogen-bond acceptors (Lipinski definition) is 7. The SMILES string of the molecule is OCC(O)C(O)S1=C2C(=C(Nc3ccc(OCc4cccc(F)c4)c(Cl)c3)N=CN2Cc2ccccc2)C=C1. The Hall–Kier alpha value is -3.47. The molecule has 0 saturated heterocycles. The summed E-state index contributed by atoms with van der Waals surface area (Å²) in [5.74, 6) is 0.682. The first kappa shape index (κ1) is 27.1. The zero-order valence-electron chi connectivity index (χ0n) is 20.7. The Bertz CT molecular complexity index is 1480. The van der Waals surface area contributed by atoms with Gasteiger partial charge in [0, 0.05) is 17.8 Å². The molecule has 0 amide bonds. The van der Waals surface area contributed by atoms with E-state index in [0.29, 0.717) is 34.4 Å². The van der Waals surface area contributed by atoms with Crippen molar-refractivity contribution in [1.29, 1.82) is 0 Å². The van der Waals surface area contributed by atoms with Crippen LogP contribution in [0.4, 0.5) is 10.1 Å². The lowest BCUT2D eigenvalue weighted by Gasteiger charge is -2.30. The minimum Gasteiger partial charge on any atom is -0.487 e. The zero-order chi connectivity index (χ0) is 27.4. The van der Waals surface area contributed by atoms with Crippen molar-refractivity contribution in [3.63, 3.8) is 0 Å². The van der Waals surface area contributed by atoms with Gasteiger partial charge in [0.15, 0.2) is 0 Å². The maximum Gasteiger partial charge on any atom is 0.142 e. The molecule has 5 rings (SSSR count). The number of hydrogen-bond donors (Lipinski definition) is 4. The smallest absolute Gasteiger partial charge is 0.142 e. The Morgan fingerprint density at radius 1 is 1.03 bits per heavy atom. The third kappa shape index (κ3) is 6.24. The first-order valence-electron chi connectivity index (χ1n) is 12.2. The van der Waals surface area contributed by atoms with Crippen molar-refractivity contribution in [2.45, 2.75) is 24.7 Å². The Morgan fingerprint density at radius 2 is 1.82 bits per heavy atom. The summed E-state index contributed by atoms with van der Waals surface area (Å²) >= 11 is 6.48. The van der Waals surface area contributed by atoms with Gasteiger partial charge in [0.1, 0.15) is 35.5 Å². The summed E-state index contributed by atoms with van der Waals surface area (Å²) in [6.45, 7) is 0.149. The molecule has 2 aliphatic heterocycles. The van der Waals surface area contributed by atoms with Gasteiger partial charge in [0.05, 0.1) is 23.0 Å². The van der Waals surface area contributed by atoms with Crippen LogP contribution in [0.15, 0.2) is 101 Å². The van der Waals surface area contributed by atoms with Crippen LogP contribution >= 0.6 is 22.1 Å². The fraction of sp³-hybridized carbons (Fsp3) is 0.172. The van der Waals surface area contributed by atoms with E-state index in [9.17, 15) is 19.7 Å². The molecular weight excluding hydrogens is 541 g/mol. The number of rotatable bonds is 10. The number of nitrogens with zero attached hydrogens (tertiary/aromatic N) is 2. The van der Waals surface area contributed by atoms with E-state index in [1.165, 1.54) is 12.1 Å². The maximum absolute atomic E-state index is 13.4. The number of halogens is 2. The number of aliphatic hydroxyl groups excluding tert-OH is 3. The van der Waals surface area contributed by atoms with Crippen molar-refractivity contribution < 1.29 is 24.4 Å². The summed E-state index contributed by atoms with van der Waals surface area (Å²) in [6.07, 6.45) is 2.27. The van der Waals surface area contributed by atoms with Crippen LogP contribution in [0.3, 0.4) is 0 Å². The highest BCUT2D eigenvalue weighted by Gasteiger charge is 2.31. The lowest BCUT2D eigenvalue weighted by molar-refractivity contribution is 0.0285. The predicted molar refractivity (Wildman–Crippen MR) is 154 cm³/mol. The van der Waals surface area contributed by atoms with Gasteiger partial charge in [-0.25, -0.2) is 9.38 Å². The van der Waals surface area contributed by atoms with Gasteiger partial charge in [-0.15, -0.1) is 10.5 Å². The molecule has 0 saturated carbocycles. The molecule has 3 unspecified atom stereocenters. The van der Waals surface area contributed by atoms with Crippen LogP contribution in [0, 0.1) is 5.82 Å². The second-order valence-corrected chi connectivity index (χ2v) is 11.2. The van der Waals surface area contributed by atoms with Crippen LogP contribution in [-0.2, 0) is 13.2 Å². The molecule has 3 atom stereocenters. The number of fused-ring (bicyclic) bond motifs is 1. The van der Waals surface area contributed by atoms with Gasteiger partial charge in [-0.2, -0.15) is 0 Å². The van der Waals surface area contributed by atoms with Crippen LogP contribution in [-0.4, -0.2) is 49.7 Å². The first-order chi connectivity index (χ1) is 18.9. The molecule has 7 nitrogen and oxygen atoms in total. The Kier molecular flexibility index (Phi) is 8.44. The summed E-state index contributed by atoms with van der Waals surface area (Å²) in [5.41, 5.74) is 2.01. The van der Waals surface area contributed by atoms with Gasteiger partial charge in [-0.05, 0) is 52.9 Å². The molecule has 4 N–H and O–H groups in total. The highest BCUT2D eigenvalue weighted by molar-refractivity contribution is 8.19. The second-order valence-electron chi connectivity index (χ2n) is 8.93. The number of nitrogens with one attached hydrogen (secondary N) is 1. The molecule has 0 fully saturated rings. The number of aliphatic hydroxyl groups is 3. The van der Waals surface area contributed by atoms with Gasteiger partial charge in [0.25, 0.3) is 0 Å². The highest BCUT2D eigenvalue weighted by Crippen LogP contribution is 2.39. The Balaban J connectivity index is 1.39. The molecule has 3 aromatic carbocycles. The van der Waals surface area contributed by atoms with Crippen LogP contribution in [0.2, 0.25) is 5.02 Å². The van der Waals surface area contributed by atoms with Crippen molar-refractivity contribution in [3.8, 4) is 5.75 Å². The minimum absolute atomic E-state index is 0.175. The summed E-state index contributed by atoms with van der Waals surface area (Å²) < 4.78 is 19.2. The monoisotopic (exact) mass is 567 g/mol. The van der Waals surface area contributed by atoms with Crippen LogP contribution in [0.5, 0.6) is 5.75 Å². The van der Waals surface area contributed by atoms with E-state index in [-0.39, 0.29) is 12.4 Å². The van der Waals surface area contributed by atoms with Crippen molar-refractivity contribution in [3.05, 3.63) is 118 Å². The maximum atomic E-state index is 13.4. The minimum atomic E-state index is -1.28. The van der Waals surface area contributed by atoms with Gasteiger partial charge in [-0.3, -0.25) is 0 Å². The van der Waals surface area contributed by atoms with E-state index in [1.807, 2.05) is 46.7 Å². The van der Waals surface area contributed by atoms with E-state index in [2.05, 4.69) is 10.3 Å². The fourth-order valence-electron chi connectivity index (χ4n) is 4.19. The Morgan fingerprint density at radius 3 is 2.56 bits per heavy atom. The van der Waals surface area contributed by atoms with Crippen LogP contribution in [0.25, 0.3) is 0 Å². The normalized spacial score (nSPS) is 17.8. The second kappa shape index (κ2) is 12.1. The molecule has 0 aliphatic carbocycles. The quantitative estimate of drug-likeness (QED) is 0.262. The van der Waals surface area contributed by atoms with Crippen molar-refractivity contribution >= 4 is 39.1 Å². The molecular formula is C29H27ClFN3O4S. The van der Waals surface area contributed by atoms with Gasteiger partial charge in [-0.1, -0.05) is 54.1 Å². The van der Waals surface area contributed by atoms with Crippen molar-refractivity contribution in [2.24, 2.45) is 4.99 Å². The number of ether oxygens (including phenoxy) is 1. The van der Waals surface area contributed by atoms with Crippen molar-refractivity contribution in [1.82, 2.24) is 4.90 Å². The summed E-state index contributed by atoms with van der Waals surface area (Å²) in [7, 11) is -0.886. The molecule has 3 aromatic rings. The molecule has 2 aliphatic rings. The molecule has 10 heteroatoms. The van der Waals surface area contributed by atoms with Gasteiger partial charge >= 0.3 is 0 Å². The van der Waals surface area contributed by atoms with E-state index in [1.54, 1.807) is 36.7 Å². The third-order valence-corrected chi connectivity index (χ3v) is 8.59. The van der Waals surface area contributed by atoms with E-state index in [4.69, 9.17) is 16.3 Å². The third-order valence-electron chi connectivity index (χ3n) is 6.13. The standard InChI is InChI=1S/C29H27ClFN3O4S/c30-24-14-22(9-10-26(24)38-17-20-7-4-8-21(31)13-20)33-27-23-11-12-39(29(37)25(36)16-35)28(23)34(18-32-27)15-19-5-2-1-3-6-19/h1-14,18,25,29,33,35-37H,15-17H2. The average molecular weight is 568 g/mol. The van der Waals surface area contributed by atoms with Crippen molar-refractivity contribution in [2.75, 3.05) is 11.9 Å². The van der Waals surface area contributed by atoms with E-state index < -0.39 is 28.6 Å². The fourth-order valence-corrected chi connectivity index (χ4v) is 6.45. The average Bonchev–Trinajstić information content (AvgIpc) is 3.40. The molecule has 39 heavy (non-hydrogen) atoms. The molecule has 0 bridgehead atoms. The van der Waals surface area contributed by atoms with Crippen LogP contribution in [0.1, 0.15) is 11.1 Å². The number of aliphatic imine (C=N–C) groups is 1. The zero-order valence-corrected chi connectivity index (χ0v) is 22.3. The first-order valence-corrected chi connectivity index (χ1v) is 13.9.